The van der Waals surface area contributed by atoms with Crippen molar-refractivity contribution in [2.75, 3.05) is 16.2 Å². The summed E-state index contributed by atoms with van der Waals surface area (Å²) in [5, 5.41) is 2.45. The Balaban J connectivity index is 1.61. The van der Waals surface area contributed by atoms with Crippen LogP contribution in [-0.2, 0) is 23.5 Å². The van der Waals surface area contributed by atoms with E-state index in [2.05, 4.69) is 10.3 Å². The lowest BCUT2D eigenvalue weighted by atomic mass is 10.1. The number of aryl methyl sites for hydroxylation is 1. The maximum Gasteiger partial charge on any atom is 0.333 e. The fourth-order valence-corrected chi connectivity index (χ4v) is 7.47. The Morgan fingerprint density at radius 3 is 2.54 bits per heavy atom. The van der Waals surface area contributed by atoms with Crippen LogP contribution in [0.5, 0.6) is 0 Å². The molecule has 0 bridgehead atoms. The van der Waals surface area contributed by atoms with E-state index in [9.17, 15) is 27.2 Å². The van der Waals surface area contributed by atoms with E-state index in [0.717, 1.165) is 5.56 Å². The minimum Gasteiger partial charge on any atom is -0.338 e. The van der Waals surface area contributed by atoms with E-state index in [1.165, 1.54) is 39.5 Å². The van der Waals surface area contributed by atoms with Gasteiger partial charge in [-0.3, -0.25) is 28.0 Å². The molecule has 0 atom stereocenters. The summed E-state index contributed by atoms with van der Waals surface area (Å²) in [6, 6.07) is 9.49. The van der Waals surface area contributed by atoms with Gasteiger partial charge in [-0.1, -0.05) is 6.07 Å². The van der Waals surface area contributed by atoms with Crippen molar-refractivity contribution < 1.29 is 12.8 Å². The highest BCUT2D eigenvalue weighted by Crippen LogP contribution is 2.39. The van der Waals surface area contributed by atoms with Crippen LogP contribution in [0.4, 0.5) is 21.6 Å². The van der Waals surface area contributed by atoms with Gasteiger partial charge in [0, 0.05) is 22.7 Å². The highest BCUT2D eigenvalue weighted by molar-refractivity contribution is 14.1. The van der Waals surface area contributed by atoms with Gasteiger partial charge in [0.25, 0.3) is 11.1 Å². The predicted molar refractivity (Wildman–Crippen MR) is 156 cm³/mol. The average molecular weight is 663 g/mol. The van der Waals surface area contributed by atoms with E-state index in [1.54, 1.807) is 24.3 Å². The lowest BCUT2D eigenvalue weighted by molar-refractivity contribution is 0.591. The smallest absolute Gasteiger partial charge is 0.333 e. The summed E-state index contributed by atoms with van der Waals surface area (Å²) in [6.45, 7) is 1.82. The van der Waals surface area contributed by atoms with Gasteiger partial charge in [-0.15, -0.1) is 0 Å². The molecule has 202 valence electrons. The number of fused-ring (bicyclic) bond motifs is 2. The van der Waals surface area contributed by atoms with Gasteiger partial charge in [0.2, 0.25) is 10.0 Å². The zero-order chi connectivity index (χ0) is 27.8. The van der Waals surface area contributed by atoms with Gasteiger partial charge >= 0.3 is 5.69 Å². The molecule has 0 amide bonds. The molecule has 0 saturated heterocycles. The predicted octanol–water partition coefficient (Wildman–Crippen LogP) is 3.03. The largest absolute Gasteiger partial charge is 0.338 e. The highest BCUT2D eigenvalue weighted by atomic mass is 127. The number of rotatable bonds is 5. The molecule has 2 aliphatic rings. The monoisotopic (exact) mass is 663 g/mol. The van der Waals surface area contributed by atoms with E-state index in [4.69, 9.17) is 0 Å². The SMILES string of the molecule is Cc1c(=O)n(C)c(Nc2ccc(I)cc2F)c2c(=O)[nH]c(=O)n(-c3ccc4c(c3)N(S(=O)(=O)C3CC3)CC4)c12. The van der Waals surface area contributed by atoms with Crippen molar-refractivity contribution in [1.82, 2.24) is 14.1 Å². The minimum atomic E-state index is -3.52. The first kappa shape index (κ1) is 25.8. The number of aromatic amines is 1. The Labute approximate surface area is 235 Å². The van der Waals surface area contributed by atoms with Crippen molar-refractivity contribution in [3.05, 3.63) is 88.1 Å². The molecule has 2 aromatic carbocycles. The number of aromatic nitrogens is 3. The summed E-state index contributed by atoms with van der Waals surface area (Å²) < 4.78 is 45.3. The second-order valence-corrected chi connectivity index (χ2v) is 13.2. The second-order valence-electron chi connectivity index (χ2n) is 9.78. The second kappa shape index (κ2) is 9.05. The molecular formula is C26H23FIN5O5S. The third-order valence-electron chi connectivity index (χ3n) is 7.28. The number of nitrogens with one attached hydrogen (secondary N) is 2. The maximum absolute atomic E-state index is 14.7. The number of anilines is 3. The van der Waals surface area contributed by atoms with Crippen molar-refractivity contribution in [2.24, 2.45) is 7.05 Å². The fourth-order valence-electron chi connectivity index (χ4n) is 5.13. The molecule has 1 aliphatic heterocycles. The number of H-pyrrole nitrogens is 1. The Kier molecular flexibility index (Phi) is 5.98. The van der Waals surface area contributed by atoms with Gasteiger partial charge in [0.15, 0.2) is 0 Å². The normalized spacial score (nSPS) is 15.1. The van der Waals surface area contributed by atoms with Gasteiger partial charge in [-0.05, 0) is 84.7 Å². The summed E-state index contributed by atoms with van der Waals surface area (Å²) in [5.74, 6) is -0.571. The molecule has 6 rings (SSSR count). The summed E-state index contributed by atoms with van der Waals surface area (Å²) in [4.78, 5) is 42.1. The number of halogens is 2. The fraction of sp³-hybridized carbons (Fsp3) is 0.269. The third-order valence-corrected chi connectivity index (χ3v) is 10.3. The summed E-state index contributed by atoms with van der Waals surface area (Å²) in [6.07, 6.45) is 1.78. The van der Waals surface area contributed by atoms with Crippen molar-refractivity contribution >= 4 is 60.7 Å². The average Bonchev–Trinajstić information content (AvgIpc) is 3.66. The van der Waals surface area contributed by atoms with E-state index in [0.29, 0.717) is 40.8 Å². The number of nitrogens with zero attached hydrogens (tertiary/aromatic N) is 3. The Bertz CT molecular complexity index is 2000. The van der Waals surface area contributed by atoms with Crippen LogP contribution >= 0.6 is 22.6 Å². The molecule has 1 saturated carbocycles. The van der Waals surface area contributed by atoms with Gasteiger partial charge in [-0.2, -0.15) is 0 Å². The highest BCUT2D eigenvalue weighted by Gasteiger charge is 2.42. The van der Waals surface area contributed by atoms with Crippen LogP contribution in [-0.4, -0.2) is 34.3 Å². The van der Waals surface area contributed by atoms with E-state index in [-0.39, 0.29) is 28.0 Å². The maximum atomic E-state index is 14.7. The molecule has 13 heteroatoms. The number of benzene rings is 2. The van der Waals surface area contributed by atoms with Crippen molar-refractivity contribution in [2.45, 2.75) is 31.4 Å². The van der Waals surface area contributed by atoms with Gasteiger partial charge in [0.05, 0.1) is 27.8 Å². The third kappa shape index (κ3) is 4.09. The zero-order valence-electron chi connectivity index (χ0n) is 20.9. The van der Waals surface area contributed by atoms with Crippen LogP contribution in [0.3, 0.4) is 0 Å². The van der Waals surface area contributed by atoms with Crippen LogP contribution in [0.15, 0.2) is 50.8 Å². The van der Waals surface area contributed by atoms with Crippen molar-refractivity contribution in [3.63, 3.8) is 0 Å². The molecule has 10 nitrogen and oxygen atoms in total. The Morgan fingerprint density at radius 2 is 1.85 bits per heavy atom. The standard InChI is InChI=1S/C26H23FIN5O5S/c1-13-22-21(23(31(2)25(13)35)29-19-8-4-15(28)11-18(19)27)24(34)30-26(36)33(22)16-5-3-14-9-10-32(20(14)12-16)39(37,38)17-6-7-17/h3-5,8,11-12,17,29H,6-7,9-10H2,1-2H3,(H,30,34,36). The summed E-state index contributed by atoms with van der Waals surface area (Å²) in [7, 11) is -2.07. The number of hydrogen-bond donors (Lipinski definition) is 2. The Hall–Kier alpha value is -3.46. The van der Waals surface area contributed by atoms with Crippen LogP contribution in [0.25, 0.3) is 16.6 Å². The molecule has 1 fully saturated rings. The zero-order valence-corrected chi connectivity index (χ0v) is 23.9. The molecule has 39 heavy (non-hydrogen) atoms. The van der Waals surface area contributed by atoms with Gasteiger partial charge in [-0.25, -0.2) is 17.6 Å². The lowest BCUT2D eigenvalue weighted by Crippen LogP contribution is -2.34. The first-order chi connectivity index (χ1) is 18.5. The van der Waals surface area contributed by atoms with E-state index in [1.807, 2.05) is 22.6 Å². The molecule has 0 spiro atoms. The molecular weight excluding hydrogens is 640 g/mol. The van der Waals surface area contributed by atoms with Crippen LogP contribution < -0.4 is 26.4 Å². The molecule has 0 unspecified atom stereocenters. The Morgan fingerprint density at radius 1 is 1.10 bits per heavy atom. The van der Waals surface area contributed by atoms with E-state index < -0.39 is 37.9 Å². The quantitative estimate of drug-likeness (QED) is 0.317. The first-order valence-electron chi connectivity index (χ1n) is 12.2. The minimum absolute atomic E-state index is 0.00908. The van der Waals surface area contributed by atoms with E-state index >= 15 is 0 Å². The number of pyridine rings is 1. The molecule has 0 radical (unpaired) electrons. The van der Waals surface area contributed by atoms with Crippen molar-refractivity contribution in [3.8, 4) is 5.69 Å². The summed E-state index contributed by atoms with van der Waals surface area (Å²) in [5.41, 5.74) is -0.203. The molecule has 2 N–H and O–H groups in total. The summed E-state index contributed by atoms with van der Waals surface area (Å²) >= 11 is 1.97. The topological polar surface area (TPSA) is 126 Å². The molecule has 2 aromatic heterocycles. The number of sulfonamides is 1. The molecule has 1 aliphatic carbocycles. The molecule has 3 heterocycles. The van der Waals surface area contributed by atoms with Crippen LogP contribution in [0, 0.1) is 16.3 Å². The van der Waals surface area contributed by atoms with Crippen LogP contribution in [0.1, 0.15) is 24.0 Å². The lowest BCUT2D eigenvalue weighted by Gasteiger charge is -2.21. The molecule has 4 aromatic rings. The van der Waals surface area contributed by atoms with Crippen molar-refractivity contribution in [1.29, 1.82) is 0 Å². The van der Waals surface area contributed by atoms with Gasteiger partial charge in [0.1, 0.15) is 17.0 Å². The van der Waals surface area contributed by atoms with Crippen LogP contribution in [0.2, 0.25) is 0 Å². The number of hydrogen-bond acceptors (Lipinski definition) is 6. The van der Waals surface area contributed by atoms with Gasteiger partial charge < -0.3 is 5.32 Å². The first-order valence-corrected chi connectivity index (χ1v) is 14.8.